The van der Waals surface area contributed by atoms with Gasteiger partial charge in [-0.2, -0.15) is 0 Å². The highest BCUT2D eigenvalue weighted by atomic mass is 16.5. The molecule has 4 nitrogen and oxygen atoms in total. The molecule has 3 atom stereocenters. The molecule has 0 spiro atoms. The highest BCUT2D eigenvalue weighted by Crippen LogP contribution is 2.29. The lowest BCUT2D eigenvalue weighted by Crippen LogP contribution is -2.52. The van der Waals surface area contributed by atoms with Crippen LogP contribution in [0.25, 0.3) is 0 Å². The number of hydrogen-bond acceptors (Lipinski definition) is 3. The molecule has 108 valence electrons. The second-order valence-corrected chi connectivity index (χ2v) is 5.86. The maximum Gasteiger partial charge on any atom is 0.321 e. The molecule has 0 bridgehead atoms. The van der Waals surface area contributed by atoms with E-state index in [1.807, 2.05) is 12.1 Å². The van der Waals surface area contributed by atoms with Gasteiger partial charge in [-0.25, -0.2) is 0 Å². The average molecular weight is 275 g/mol. The number of carboxylic acids is 1. The van der Waals surface area contributed by atoms with E-state index in [1.165, 1.54) is 11.1 Å². The fourth-order valence-corrected chi connectivity index (χ4v) is 3.43. The van der Waals surface area contributed by atoms with E-state index >= 15 is 0 Å². The Kier molecular flexibility index (Phi) is 3.76. The van der Waals surface area contributed by atoms with Crippen molar-refractivity contribution in [2.45, 2.75) is 50.9 Å². The second kappa shape index (κ2) is 5.54. The molecule has 1 aromatic rings. The molecule has 0 amide bonds. The number of carboxylic acid groups (broad SMARTS) is 1. The first kappa shape index (κ1) is 13.6. The van der Waals surface area contributed by atoms with Crippen molar-refractivity contribution in [3.05, 3.63) is 35.4 Å². The average Bonchev–Trinajstić information content (AvgIpc) is 2.46. The molecule has 2 aliphatic heterocycles. The summed E-state index contributed by atoms with van der Waals surface area (Å²) in [6.07, 6.45) is 2.68. The summed E-state index contributed by atoms with van der Waals surface area (Å²) in [5, 5.41) is 9.56. The molecule has 0 aliphatic carbocycles. The zero-order valence-electron chi connectivity index (χ0n) is 11.8. The summed E-state index contributed by atoms with van der Waals surface area (Å²) >= 11 is 0. The van der Waals surface area contributed by atoms with Gasteiger partial charge in [0.25, 0.3) is 0 Å². The number of fused-ring (bicyclic) bond motifs is 1. The predicted molar refractivity (Wildman–Crippen MR) is 75.5 cm³/mol. The van der Waals surface area contributed by atoms with Gasteiger partial charge in [0.05, 0.1) is 6.10 Å². The molecule has 1 fully saturated rings. The molecule has 3 rings (SSSR count). The van der Waals surface area contributed by atoms with Crippen molar-refractivity contribution >= 4 is 5.97 Å². The third-order valence-corrected chi connectivity index (χ3v) is 4.50. The van der Waals surface area contributed by atoms with Crippen LogP contribution >= 0.6 is 0 Å². The summed E-state index contributed by atoms with van der Waals surface area (Å²) in [6, 6.07) is 8.10. The van der Waals surface area contributed by atoms with Crippen molar-refractivity contribution in [1.29, 1.82) is 0 Å². The van der Waals surface area contributed by atoms with Gasteiger partial charge in [0.2, 0.25) is 0 Å². The fourth-order valence-electron chi connectivity index (χ4n) is 3.43. The SMILES string of the molecule is CC1CC(N2Cc3ccccc3CC2C(=O)O)CCO1. The molecular formula is C16H21NO3. The molecular weight excluding hydrogens is 254 g/mol. The number of carbonyl (C=O) groups is 1. The minimum Gasteiger partial charge on any atom is -0.480 e. The van der Waals surface area contributed by atoms with Gasteiger partial charge in [-0.3, -0.25) is 9.69 Å². The number of benzene rings is 1. The Labute approximate surface area is 119 Å². The molecule has 1 aromatic carbocycles. The van der Waals surface area contributed by atoms with Crippen molar-refractivity contribution < 1.29 is 14.6 Å². The van der Waals surface area contributed by atoms with Gasteiger partial charge in [0.15, 0.2) is 0 Å². The Morgan fingerprint density at radius 2 is 2.10 bits per heavy atom. The number of rotatable bonds is 2. The van der Waals surface area contributed by atoms with Crippen LogP contribution in [0.3, 0.4) is 0 Å². The van der Waals surface area contributed by atoms with E-state index in [4.69, 9.17) is 4.74 Å². The molecule has 20 heavy (non-hydrogen) atoms. The maximum absolute atomic E-state index is 11.6. The Balaban J connectivity index is 1.86. The first-order chi connectivity index (χ1) is 9.65. The predicted octanol–water partition coefficient (Wildman–Crippen LogP) is 2.07. The van der Waals surface area contributed by atoms with Crippen molar-refractivity contribution in [3.8, 4) is 0 Å². The number of aliphatic carboxylic acids is 1. The van der Waals surface area contributed by atoms with Crippen molar-refractivity contribution in [3.63, 3.8) is 0 Å². The number of ether oxygens (including phenoxy) is 1. The summed E-state index contributed by atoms with van der Waals surface area (Å²) in [6.45, 7) is 3.54. The third-order valence-electron chi connectivity index (χ3n) is 4.50. The minimum absolute atomic E-state index is 0.223. The molecule has 0 saturated carbocycles. The lowest BCUT2D eigenvalue weighted by atomic mass is 9.90. The van der Waals surface area contributed by atoms with Crippen LogP contribution in [0.1, 0.15) is 30.9 Å². The molecule has 1 N–H and O–H groups in total. The maximum atomic E-state index is 11.6. The zero-order valence-corrected chi connectivity index (χ0v) is 11.8. The smallest absolute Gasteiger partial charge is 0.321 e. The van der Waals surface area contributed by atoms with Crippen LogP contribution in [-0.2, 0) is 22.5 Å². The van der Waals surface area contributed by atoms with Crippen molar-refractivity contribution in [2.24, 2.45) is 0 Å². The van der Waals surface area contributed by atoms with E-state index in [2.05, 4.69) is 24.0 Å². The van der Waals surface area contributed by atoms with E-state index in [0.717, 1.165) is 26.0 Å². The van der Waals surface area contributed by atoms with Crippen LogP contribution in [0.2, 0.25) is 0 Å². The van der Waals surface area contributed by atoms with Crippen LogP contribution in [-0.4, -0.2) is 40.8 Å². The first-order valence-corrected chi connectivity index (χ1v) is 7.32. The zero-order chi connectivity index (χ0) is 14.1. The van der Waals surface area contributed by atoms with Gasteiger partial charge in [0.1, 0.15) is 6.04 Å². The van der Waals surface area contributed by atoms with E-state index in [1.54, 1.807) is 0 Å². The van der Waals surface area contributed by atoms with Crippen molar-refractivity contribution in [2.75, 3.05) is 6.61 Å². The Hall–Kier alpha value is -1.39. The summed E-state index contributed by atoms with van der Waals surface area (Å²) in [5.41, 5.74) is 2.44. The first-order valence-electron chi connectivity index (χ1n) is 7.32. The van der Waals surface area contributed by atoms with E-state index < -0.39 is 12.0 Å². The highest BCUT2D eigenvalue weighted by Gasteiger charge is 2.37. The lowest BCUT2D eigenvalue weighted by Gasteiger charge is -2.42. The Morgan fingerprint density at radius 1 is 1.35 bits per heavy atom. The fraction of sp³-hybridized carbons (Fsp3) is 0.562. The summed E-state index contributed by atoms with van der Waals surface area (Å²) < 4.78 is 5.59. The molecule has 2 aliphatic rings. The summed E-state index contributed by atoms with van der Waals surface area (Å²) in [4.78, 5) is 13.8. The summed E-state index contributed by atoms with van der Waals surface area (Å²) in [7, 11) is 0. The van der Waals surface area contributed by atoms with Gasteiger partial charge in [-0.1, -0.05) is 24.3 Å². The monoisotopic (exact) mass is 275 g/mol. The van der Waals surface area contributed by atoms with Gasteiger partial charge in [-0.15, -0.1) is 0 Å². The molecule has 3 unspecified atom stereocenters. The molecule has 2 heterocycles. The highest BCUT2D eigenvalue weighted by molar-refractivity contribution is 5.74. The third kappa shape index (κ3) is 2.58. The standard InChI is InChI=1S/C16H21NO3/c1-11-8-14(6-7-20-11)17-10-13-5-3-2-4-12(13)9-15(17)16(18)19/h2-5,11,14-15H,6-10H2,1H3,(H,18,19). The van der Waals surface area contributed by atoms with E-state index in [0.29, 0.717) is 12.5 Å². The molecule has 4 heteroatoms. The van der Waals surface area contributed by atoms with Crippen LogP contribution < -0.4 is 0 Å². The van der Waals surface area contributed by atoms with Gasteiger partial charge < -0.3 is 9.84 Å². The quantitative estimate of drug-likeness (QED) is 0.897. The molecule has 1 saturated heterocycles. The largest absolute Gasteiger partial charge is 0.480 e. The molecule has 0 aromatic heterocycles. The Morgan fingerprint density at radius 3 is 2.80 bits per heavy atom. The van der Waals surface area contributed by atoms with E-state index in [-0.39, 0.29) is 6.10 Å². The normalized spacial score (nSPS) is 30.8. The lowest BCUT2D eigenvalue weighted by molar-refractivity contribution is -0.146. The minimum atomic E-state index is -0.710. The van der Waals surface area contributed by atoms with Crippen LogP contribution in [0.15, 0.2) is 24.3 Å². The van der Waals surface area contributed by atoms with Crippen molar-refractivity contribution in [1.82, 2.24) is 4.90 Å². The summed E-state index contributed by atoms with van der Waals surface area (Å²) in [5.74, 6) is -0.710. The topological polar surface area (TPSA) is 49.8 Å². The number of nitrogens with zero attached hydrogens (tertiary/aromatic N) is 1. The van der Waals surface area contributed by atoms with Gasteiger partial charge >= 0.3 is 5.97 Å². The van der Waals surface area contributed by atoms with Gasteiger partial charge in [-0.05, 0) is 37.3 Å². The Bertz CT molecular complexity index is 502. The number of hydrogen-bond donors (Lipinski definition) is 1. The van der Waals surface area contributed by atoms with Crippen LogP contribution in [0.4, 0.5) is 0 Å². The second-order valence-electron chi connectivity index (χ2n) is 5.86. The van der Waals surface area contributed by atoms with Crippen LogP contribution in [0.5, 0.6) is 0 Å². The molecule has 0 radical (unpaired) electrons. The van der Waals surface area contributed by atoms with Crippen LogP contribution in [0, 0.1) is 0 Å². The van der Waals surface area contributed by atoms with Gasteiger partial charge in [0, 0.05) is 19.2 Å². The van der Waals surface area contributed by atoms with E-state index in [9.17, 15) is 9.90 Å².